The third kappa shape index (κ3) is 8.89. The highest BCUT2D eigenvalue weighted by molar-refractivity contribution is 7.79. The van der Waals surface area contributed by atoms with Crippen LogP contribution in [0.25, 0.3) is 0 Å². The van der Waals surface area contributed by atoms with Crippen LogP contribution in [-0.4, -0.2) is 17.5 Å². The van der Waals surface area contributed by atoms with Crippen LogP contribution < -0.4 is 9.78 Å². The molecule has 0 heterocycles. The molecule has 0 unspecified atom stereocenters. The fraction of sp³-hybridized carbons (Fsp3) is 0. The number of para-hydroxylation sites is 2. The Kier molecular flexibility index (Phi) is 6.47. The molecule has 0 amide bonds. The third-order valence-electron chi connectivity index (χ3n) is 1.75. The van der Waals surface area contributed by atoms with E-state index >= 15 is 0 Å². The lowest BCUT2D eigenvalue weighted by atomic mass is 10.3. The van der Waals surface area contributed by atoms with E-state index in [4.69, 9.17) is 27.3 Å². The van der Waals surface area contributed by atoms with Gasteiger partial charge >= 0.3 is 10.4 Å². The normalized spacial score (nSPS) is 10.1. The zero-order chi connectivity index (χ0) is 14.8. The average Bonchev–Trinajstić information content (AvgIpc) is 2.39. The van der Waals surface area contributed by atoms with Gasteiger partial charge in [-0.1, -0.05) is 36.4 Å². The smallest absolute Gasteiger partial charge is 0.299 e. The minimum Gasteiger partial charge on any atom is -0.299 e. The lowest BCUT2D eigenvalue weighted by Gasteiger charge is -2.03. The van der Waals surface area contributed by atoms with Gasteiger partial charge in [0.05, 0.1) is 0 Å². The van der Waals surface area contributed by atoms with E-state index in [0.717, 1.165) is 0 Å². The molecule has 0 spiro atoms. The van der Waals surface area contributed by atoms with Crippen molar-refractivity contribution in [2.24, 2.45) is 0 Å². The van der Waals surface area contributed by atoms with Gasteiger partial charge in [0.15, 0.2) is 11.5 Å². The monoisotopic (exact) mass is 300 g/mol. The van der Waals surface area contributed by atoms with Gasteiger partial charge in [0.1, 0.15) is 0 Å². The molecular formula is C12H12O7S. The molecule has 0 aliphatic heterocycles. The Labute approximate surface area is 115 Å². The van der Waals surface area contributed by atoms with Gasteiger partial charge in [0.25, 0.3) is 0 Å². The summed E-state index contributed by atoms with van der Waals surface area (Å²) < 4.78 is 31.6. The van der Waals surface area contributed by atoms with Gasteiger partial charge in [-0.2, -0.15) is 8.42 Å². The highest BCUT2D eigenvalue weighted by Crippen LogP contribution is 2.12. The molecule has 2 aromatic carbocycles. The Morgan fingerprint density at radius 3 is 1.30 bits per heavy atom. The number of hydrogen-bond acceptors (Lipinski definition) is 5. The standard InChI is InChI=1S/C12H10O3.H2O4S/c1-3-7-11(8-4-1)13-15-14-12-9-5-2-6-10-12;1-5(2,3)4/h1-10H;(H2,1,2,3,4). The second-order valence-corrected chi connectivity index (χ2v) is 4.20. The molecule has 0 atom stereocenters. The van der Waals surface area contributed by atoms with Crippen molar-refractivity contribution >= 4 is 10.4 Å². The van der Waals surface area contributed by atoms with Crippen molar-refractivity contribution in [2.45, 2.75) is 0 Å². The van der Waals surface area contributed by atoms with Crippen molar-refractivity contribution in [3.05, 3.63) is 60.7 Å². The molecule has 8 heteroatoms. The molecule has 7 nitrogen and oxygen atoms in total. The van der Waals surface area contributed by atoms with Gasteiger partial charge in [-0.15, -0.1) is 0 Å². The highest BCUT2D eigenvalue weighted by Gasteiger charge is 1.95. The summed E-state index contributed by atoms with van der Waals surface area (Å²) in [6, 6.07) is 18.3. The van der Waals surface area contributed by atoms with Gasteiger partial charge in [0, 0.05) is 5.04 Å². The van der Waals surface area contributed by atoms with Crippen molar-refractivity contribution in [1.82, 2.24) is 0 Å². The second kappa shape index (κ2) is 8.12. The molecule has 0 aromatic heterocycles. The van der Waals surface area contributed by atoms with E-state index in [1.54, 1.807) is 24.3 Å². The van der Waals surface area contributed by atoms with E-state index in [2.05, 4.69) is 5.04 Å². The van der Waals surface area contributed by atoms with E-state index in [-0.39, 0.29) is 0 Å². The Bertz CT molecular complexity index is 536. The fourth-order valence-electron chi connectivity index (χ4n) is 1.05. The van der Waals surface area contributed by atoms with Crippen LogP contribution in [-0.2, 0) is 15.4 Å². The maximum atomic E-state index is 8.74. The van der Waals surface area contributed by atoms with Gasteiger partial charge in [-0.3, -0.25) is 18.9 Å². The molecule has 2 rings (SSSR count). The fourth-order valence-corrected chi connectivity index (χ4v) is 1.05. The van der Waals surface area contributed by atoms with Crippen molar-refractivity contribution in [3.63, 3.8) is 0 Å². The lowest BCUT2D eigenvalue weighted by Crippen LogP contribution is -2.01. The summed E-state index contributed by atoms with van der Waals surface area (Å²) in [6.07, 6.45) is 0. The SMILES string of the molecule is O=S(=O)(O)O.c1ccc(OOOc2ccccc2)cc1. The largest absolute Gasteiger partial charge is 0.394 e. The van der Waals surface area contributed by atoms with Crippen molar-refractivity contribution in [1.29, 1.82) is 0 Å². The molecule has 0 aliphatic carbocycles. The molecule has 0 fully saturated rings. The summed E-state index contributed by atoms with van der Waals surface area (Å²) in [5.74, 6) is 1.18. The summed E-state index contributed by atoms with van der Waals surface area (Å²) in [5, 5.41) is 4.61. The van der Waals surface area contributed by atoms with Crippen LogP contribution in [0.5, 0.6) is 11.5 Å². The first-order valence-electron chi connectivity index (χ1n) is 5.26. The maximum Gasteiger partial charge on any atom is 0.394 e. The molecule has 0 aliphatic rings. The van der Waals surface area contributed by atoms with Crippen LogP contribution in [0.1, 0.15) is 0 Å². The Morgan fingerprint density at radius 1 is 0.700 bits per heavy atom. The Hall–Kier alpha value is -2.13. The van der Waals surface area contributed by atoms with E-state index < -0.39 is 10.4 Å². The van der Waals surface area contributed by atoms with Crippen LogP contribution in [0.4, 0.5) is 0 Å². The molecule has 0 saturated carbocycles. The molecule has 2 aromatic rings. The van der Waals surface area contributed by atoms with E-state index in [0.29, 0.717) is 11.5 Å². The molecule has 2 N–H and O–H groups in total. The minimum atomic E-state index is -4.67. The van der Waals surface area contributed by atoms with Gasteiger partial charge in [-0.25, -0.2) is 0 Å². The maximum absolute atomic E-state index is 8.74. The van der Waals surface area contributed by atoms with Crippen molar-refractivity contribution < 1.29 is 32.3 Å². The first-order valence-corrected chi connectivity index (χ1v) is 6.66. The summed E-state index contributed by atoms with van der Waals surface area (Å²) >= 11 is 0. The third-order valence-corrected chi connectivity index (χ3v) is 1.75. The van der Waals surface area contributed by atoms with Crippen LogP contribution in [0.3, 0.4) is 0 Å². The minimum absolute atomic E-state index is 0.591. The lowest BCUT2D eigenvalue weighted by molar-refractivity contribution is -0.411. The summed E-state index contributed by atoms with van der Waals surface area (Å²) in [7, 11) is -4.67. The molecule has 0 saturated heterocycles. The van der Waals surface area contributed by atoms with Crippen LogP contribution in [0, 0.1) is 0 Å². The van der Waals surface area contributed by atoms with Crippen molar-refractivity contribution in [2.75, 3.05) is 0 Å². The molecule has 0 radical (unpaired) electrons. The Morgan fingerprint density at radius 2 is 1.00 bits per heavy atom. The average molecular weight is 300 g/mol. The van der Waals surface area contributed by atoms with E-state index in [1.807, 2.05) is 36.4 Å². The van der Waals surface area contributed by atoms with Crippen LogP contribution >= 0.6 is 0 Å². The second-order valence-electron chi connectivity index (χ2n) is 3.31. The zero-order valence-electron chi connectivity index (χ0n) is 10.1. The van der Waals surface area contributed by atoms with Crippen LogP contribution in [0.15, 0.2) is 60.7 Å². The Balaban J connectivity index is 0.000000347. The number of benzene rings is 2. The molecule has 20 heavy (non-hydrogen) atoms. The molecule has 0 bridgehead atoms. The molecule has 108 valence electrons. The quantitative estimate of drug-likeness (QED) is 0.507. The highest BCUT2D eigenvalue weighted by atomic mass is 32.3. The van der Waals surface area contributed by atoms with E-state index in [9.17, 15) is 0 Å². The van der Waals surface area contributed by atoms with Gasteiger partial charge < -0.3 is 0 Å². The molecular weight excluding hydrogens is 288 g/mol. The summed E-state index contributed by atoms with van der Waals surface area (Å²) in [5.41, 5.74) is 0. The van der Waals surface area contributed by atoms with E-state index in [1.165, 1.54) is 0 Å². The van der Waals surface area contributed by atoms with Gasteiger partial charge in [-0.05, 0) is 24.3 Å². The van der Waals surface area contributed by atoms with Gasteiger partial charge in [0.2, 0.25) is 0 Å². The number of hydrogen-bond donors (Lipinski definition) is 2. The zero-order valence-corrected chi connectivity index (χ0v) is 10.9. The first-order chi connectivity index (χ1) is 9.45. The number of rotatable bonds is 4. The summed E-state index contributed by atoms with van der Waals surface area (Å²) in [6.45, 7) is 0. The first kappa shape index (κ1) is 15.9. The van der Waals surface area contributed by atoms with Crippen LogP contribution in [0.2, 0.25) is 0 Å². The predicted octanol–water partition coefficient (Wildman–Crippen LogP) is 2.34. The summed E-state index contributed by atoms with van der Waals surface area (Å²) in [4.78, 5) is 9.78. The predicted molar refractivity (Wildman–Crippen MR) is 69.4 cm³/mol. The topological polar surface area (TPSA) is 102 Å². The van der Waals surface area contributed by atoms with Crippen molar-refractivity contribution in [3.8, 4) is 11.5 Å².